The van der Waals surface area contributed by atoms with Crippen molar-refractivity contribution >= 4 is 17.1 Å². The molecule has 17 heavy (non-hydrogen) atoms. The Morgan fingerprint density at radius 2 is 2.00 bits per heavy atom. The fraction of sp³-hybridized carbons (Fsp3) is 0.214. The van der Waals surface area contributed by atoms with E-state index in [-0.39, 0.29) is 5.78 Å². The number of hydrogen-bond donors (Lipinski definition) is 0. The highest BCUT2D eigenvalue weighted by molar-refractivity contribution is 7.10. The molecule has 0 radical (unpaired) electrons. The number of carbonyl (C=O) groups is 1. The highest BCUT2D eigenvalue weighted by Gasteiger charge is 2.21. The average molecular weight is 246 g/mol. The molecule has 0 saturated heterocycles. The Morgan fingerprint density at radius 1 is 1.29 bits per heavy atom. The van der Waals surface area contributed by atoms with E-state index in [0.29, 0.717) is 0 Å². The molecule has 0 aliphatic heterocycles. The fourth-order valence-corrected chi connectivity index (χ4v) is 2.44. The molecule has 2 nitrogen and oxygen atoms in total. The molecule has 1 unspecified atom stereocenters. The predicted octanol–water partition coefficient (Wildman–Crippen LogP) is 3.63. The molecule has 0 aliphatic rings. The Morgan fingerprint density at radius 3 is 2.53 bits per heavy atom. The number of methoxy groups -OCH3 is 1. The minimum absolute atomic E-state index is 0.0167. The van der Waals surface area contributed by atoms with Crippen LogP contribution in [0.4, 0.5) is 0 Å². The van der Waals surface area contributed by atoms with E-state index in [1.54, 1.807) is 18.4 Å². The van der Waals surface area contributed by atoms with Crippen LogP contribution in [0.3, 0.4) is 0 Å². The van der Waals surface area contributed by atoms with E-state index in [0.717, 1.165) is 16.0 Å². The third-order valence-electron chi connectivity index (χ3n) is 2.59. The highest BCUT2D eigenvalue weighted by Crippen LogP contribution is 2.24. The lowest BCUT2D eigenvalue weighted by Gasteiger charge is -2.13. The van der Waals surface area contributed by atoms with E-state index in [1.807, 2.05) is 48.7 Å². The molecule has 1 atom stereocenters. The zero-order chi connectivity index (χ0) is 12.3. The van der Waals surface area contributed by atoms with Crippen LogP contribution in [0.5, 0.6) is 0 Å². The Bertz CT molecular complexity index is 502. The van der Waals surface area contributed by atoms with Gasteiger partial charge >= 0.3 is 0 Å². The lowest BCUT2D eigenvalue weighted by molar-refractivity contribution is 0.0605. The molecule has 1 heterocycles. The van der Waals surface area contributed by atoms with Gasteiger partial charge in [0.1, 0.15) is 6.10 Å². The van der Waals surface area contributed by atoms with Crippen LogP contribution in [0.15, 0.2) is 41.8 Å². The number of benzene rings is 1. The van der Waals surface area contributed by atoms with Crippen molar-refractivity contribution in [3.05, 3.63) is 57.8 Å². The average Bonchev–Trinajstić information content (AvgIpc) is 2.78. The minimum atomic E-state index is -0.509. The molecule has 0 saturated carbocycles. The zero-order valence-electron chi connectivity index (χ0n) is 9.84. The Balaban J connectivity index is 2.28. The van der Waals surface area contributed by atoms with Gasteiger partial charge in [0.25, 0.3) is 0 Å². The molecule has 88 valence electrons. The summed E-state index contributed by atoms with van der Waals surface area (Å²) in [6.45, 7) is 1.99. The maximum Gasteiger partial charge on any atom is 0.196 e. The molecule has 0 N–H and O–H groups in total. The van der Waals surface area contributed by atoms with Crippen molar-refractivity contribution in [3.8, 4) is 0 Å². The molecule has 0 bridgehead atoms. The van der Waals surface area contributed by atoms with Crippen LogP contribution in [-0.2, 0) is 4.74 Å². The normalized spacial score (nSPS) is 12.4. The number of carbonyl (C=O) groups excluding carboxylic acids is 1. The molecular formula is C14H14O2S. The lowest BCUT2D eigenvalue weighted by Crippen LogP contribution is -2.14. The first-order chi connectivity index (χ1) is 8.22. The van der Waals surface area contributed by atoms with E-state index >= 15 is 0 Å². The fourth-order valence-electron chi connectivity index (χ4n) is 1.75. The summed E-state index contributed by atoms with van der Waals surface area (Å²) in [4.78, 5) is 13.4. The number of hydrogen-bond acceptors (Lipinski definition) is 3. The first kappa shape index (κ1) is 12.0. The monoisotopic (exact) mass is 246 g/mol. The van der Waals surface area contributed by atoms with E-state index in [4.69, 9.17) is 4.74 Å². The summed E-state index contributed by atoms with van der Waals surface area (Å²) < 4.78 is 5.32. The van der Waals surface area contributed by atoms with Crippen molar-refractivity contribution < 1.29 is 9.53 Å². The van der Waals surface area contributed by atoms with Crippen LogP contribution in [0.1, 0.15) is 26.9 Å². The molecule has 1 aromatic carbocycles. The second-order valence-corrected chi connectivity index (χ2v) is 4.95. The summed E-state index contributed by atoms with van der Waals surface area (Å²) in [7, 11) is 1.56. The van der Waals surface area contributed by atoms with Crippen LogP contribution in [0.2, 0.25) is 0 Å². The Kier molecular flexibility index (Phi) is 3.71. The first-order valence-electron chi connectivity index (χ1n) is 5.39. The second kappa shape index (κ2) is 5.25. The van der Waals surface area contributed by atoms with Gasteiger partial charge in [0.15, 0.2) is 5.78 Å². The number of Topliss-reactive ketones (excluding diaryl/α,β-unsaturated/α-hetero) is 1. The van der Waals surface area contributed by atoms with Crippen molar-refractivity contribution in [1.82, 2.24) is 0 Å². The van der Waals surface area contributed by atoms with E-state index < -0.39 is 6.10 Å². The third-order valence-corrected chi connectivity index (χ3v) is 3.45. The number of ketones is 1. The van der Waals surface area contributed by atoms with Gasteiger partial charge in [0.2, 0.25) is 0 Å². The molecule has 0 spiro atoms. The van der Waals surface area contributed by atoms with Gasteiger partial charge in [-0.05, 0) is 18.6 Å². The van der Waals surface area contributed by atoms with Crippen LogP contribution >= 0.6 is 11.3 Å². The molecule has 3 heteroatoms. The van der Waals surface area contributed by atoms with Crippen molar-refractivity contribution in [3.63, 3.8) is 0 Å². The van der Waals surface area contributed by atoms with Crippen LogP contribution in [-0.4, -0.2) is 12.9 Å². The topological polar surface area (TPSA) is 26.3 Å². The maximum atomic E-state index is 12.3. The Hall–Kier alpha value is -1.45. The van der Waals surface area contributed by atoms with Crippen molar-refractivity contribution in [2.45, 2.75) is 13.0 Å². The van der Waals surface area contributed by atoms with Crippen LogP contribution < -0.4 is 0 Å². The lowest BCUT2D eigenvalue weighted by atomic mass is 10.0. The van der Waals surface area contributed by atoms with Crippen molar-refractivity contribution in [1.29, 1.82) is 0 Å². The van der Waals surface area contributed by atoms with Gasteiger partial charge in [-0.1, -0.05) is 30.3 Å². The SMILES string of the molecule is COC(C(=O)c1csc(C)c1)c1ccccc1. The third kappa shape index (κ3) is 2.62. The van der Waals surface area contributed by atoms with E-state index in [2.05, 4.69) is 0 Å². The second-order valence-electron chi connectivity index (χ2n) is 3.84. The van der Waals surface area contributed by atoms with E-state index in [1.165, 1.54) is 0 Å². The van der Waals surface area contributed by atoms with Crippen LogP contribution in [0.25, 0.3) is 0 Å². The number of thiophene rings is 1. The highest BCUT2D eigenvalue weighted by atomic mass is 32.1. The number of rotatable bonds is 4. The smallest absolute Gasteiger partial charge is 0.196 e. The van der Waals surface area contributed by atoms with Gasteiger partial charge in [-0.3, -0.25) is 4.79 Å². The number of ether oxygens (including phenoxy) is 1. The summed E-state index contributed by atoms with van der Waals surface area (Å²) in [5.74, 6) is 0.0167. The summed E-state index contributed by atoms with van der Waals surface area (Å²) in [6, 6.07) is 11.5. The molecule has 2 aromatic rings. The summed E-state index contributed by atoms with van der Waals surface area (Å²) in [6.07, 6.45) is -0.509. The number of aryl methyl sites for hydroxylation is 1. The van der Waals surface area contributed by atoms with Crippen LogP contribution in [0, 0.1) is 6.92 Å². The maximum absolute atomic E-state index is 12.3. The standard InChI is InChI=1S/C14H14O2S/c1-10-8-12(9-17-10)13(15)14(16-2)11-6-4-3-5-7-11/h3-9,14H,1-2H3. The largest absolute Gasteiger partial charge is 0.369 e. The van der Waals surface area contributed by atoms with E-state index in [9.17, 15) is 4.79 Å². The Labute approximate surface area is 105 Å². The molecule has 0 fully saturated rings. The molecule has 0 amide bonds. The summed E-state index contributed by atoms with van der Waals surface area (Å²) in [5, 5.41) is 1.88. The van der Waals surface area contributed by atoms with Gasteiger partial charge < -0.3 is 4.74 Å². The molecule has 0 aliphatic carbocycles. The quantitative estimate of drug-likeness (QED) is 0.770. The van der Waals surface area contributed by atoms with Gasteiger partial charge in [-0.2, -0.15) is 0 Å². The molecular weight excluding hydrogens is 232 g/mol. The summed E-state index contributed by atoms with van der Waals surface area (Å²) in [5.41, 5.74) is 1.62. The van der Waals surface area contributed by atoms with Crippen molar-refractivity contribution in [2.75, 3.05) is 7.11 Å². The van der Waals surface area contributed by atoms with Gasteiger partial charge in [0, 0.05) is 22.9 Å². The summed E-state index contributed by atoms with van der Waals surface area (Å²) >= 11 is 1.58. The van der Waals surface area contributed by atoms with Gasteiger partial charge in [0.05, 0.1) is 0 Å². The van der Waals surface area contributed by atoms with Gasteiger partial charge in [-0.25, -0.2) is 0 Å². The zero-order valence-corrected chi connectivity index (χ0v) is 10.7. The van der Waals surface area contributed by atoms with Crippen molar-refractivity contribution in [2.24, 2.45) is 0 Å². The molecule has 1 aromatic heterocycles. The predicted molar refractivity (Wildman–Crippen MR) is 69.6 cm³/mol. The first-order valence-corrected chi connectivity index (χ1v) is 6.27. The van der Waals surface area contributed by atoms with Gasteiger partial charge in [-0.15, -0.1) is 11.3 Å². The minimum Gasteiger partial charge on any atom is -0.369 e. The molecule has 2 rings (SSSR count).